The van der Waals surface area contributed by atoms with Crippen molar-refractivity contribution in [3.05, 3.63) is 0 Å². The van der Waals surface area contributed by atoms with Crippen LogP contribution in [-0.4, -0.2) is 61.5 Å². The van der Waals surface area contributed by atoms with Gasteiger partial charge in [-0.05, 0) is 45.2 Å². The molecule has 2 fully saturated rings. The number of hydrogen-bond donors (Lipinski definition) is 1. The molecule has 0 unspecified atom stereocenters. The second-order valence-corrected chi connectivity index (χ2v) is 5.91. The van der Waals surface area contributed by atoms with Gasteiger partial charge in [0.25, 0.3) is 0 Å². The third-order valence-electron chi connectivity index (χ3n) is 4.38. The number of piperidine rings is 1. The van der Waals surface area contributed by atoms with E-state index in [2.05, 4.69) is 29.0 Å². The molecule has 1 N–H and O–H groups in total. The fourth-order valence-electron chi connectivity index (χ4n) is 3.03. The van der Waals surface area contributed by atoms with Crippen molar-refractivity contribution in [2.24, 2.45) is 5.41 Å². The number of amides is 1. The van der Waals surface area contributed by atoms with Gasteiger partial charge in [0.2, 0.25) is 6.41 Å². The van der Waals surface area contributed by atoms with Crippen LogP contribution in [0.1, 0.15) is 26.7 Å². The lowest BCUT2D eigenvalue weighted by atomic mass is 9.71. The van der Waals surface area contributed by atoms with E-state index < -0.39 is 0 Å². The molecule has 2 aliphatic rings. The van der Waals surface area contributed by atoms with Crippen LogP contribution in [0.2, 0.25) is 0 Å². The molecule has 0 aromatic heterocycles. The fourth-order valence-corrected chi connectivity index (χ4v) is 3.03. The standard InChI is InChI=1S/C13H25N3O/c1-12(2)16-9-13(10-16)3-6-15(7-4-13)8-5-14-11-17/h11-12H,3-10H2,1-2H3,(H,14,17). The molecule has 0 aromatic rings. The molecule has 2 rings (SSSR count). The maximum Gasteiger partial charge on any atom is 0.207 e. The van der Waals surface area contributed by atoms with Gasteiger partial charge >= 0.3 is 0 Å². The summed E-state index contributed by atoms with van der Waals surface area (Å²) in [5, 5.41) is 2.74. The van der Waals surface area contributed by atoms with Crippen molar-refractivity contribution in [2.45, 2.75) is 32.7 Å². The lowest BCUT2D eigenvalue weighted by molar-refractivity contribution is -0.109. The average Bonchev–Trinajstić information content (AvgIpc) is 2.27. The van der Waals surface area contributed by atoms with E-state index >= 15 is 0 Å². The Morgan fingerprint density at radius 2 is 1.94 bits per heavy atom. The summed E-state index contributed by atoms with van der Waals surface area (Å²) >= 11 is 0. The predicted octanol–water partition coefficient (Wildman–Crippen LogP) is 0.539. The van der Waals surface area contributed by atoms with Gasteiger partial charge < -0.3 is 10.2 Å². The van der Waals surface area contributed by atoms with Gasteiger partial charge in [0.05, 0.1) is 0 Å². The van der Waals surface area contributed by atoms with Crippen LogP contribution >= 0.6 is 0 Å². The summed E-state index contributed by atoms with van der Waals surface area (Å²) in [4.78, 5) is 15.2. The number of nitrogens with one attached hydrogen (secondary N) is 1. The number of hydrogen-bond acceptors (Lipinski definition) is 3. The third-order valence-corrected chi connectivity index (χ3v) is 4.38. The first kappa shape index (κ1) is 12.8. The van der Waals surface area contributed by atoms with Crippen molar-refractivity contribution in [3.63, 3.8) is 0 Å². The lowest BCUT2D eigenvalue weighted by Crippen LogP contribution is -2.62. The van der Waals surface area contributed by atoms with Crippen LogP contribution < -0.4 is 5.32 Å². The van der Waals surface area contributed by atoms with Gasteiger partial charge in [-0.2, -0.15) is 0 Å². The highest BCUT2D eigenvalue weighted by atomic mass is 16.1. The topological polar surface area (TPSA) is 35.6 Å². The Bertz CT molecular complexity index is 251. The first-order valence-electron chi connectivity index (χ1n) is 6.79. The van der Waals surface area contributed by atoms with Crippen LogP contribution in [0.4, 0.5) is 0 Å². The van der Waals surface area contributed by atoms with E-state index in [1.165, 1.54) is 39.0 Å². The molecule has 1 spiro atoms. The maximum atomic E-state index is 10.2. The SMILES string of the molecule is CC(C)N1CC2(CCN(CCNC=O)CC2)C1. The van der Waals surface area contributed by atoms with Crippen LogP contribution in [0.3, 0.4) is 0 Å². The van der Waals surface area contributed by atoms with Gasteiger partial charge in [0.15, 0.2) is 0 Å². The Morgan fingerprint density at radius 3 is 2.47 bits per heavy atom. The normalized spacial score (nSPS) is 24.9. The molecule has 17 heavy (non-hydrogen) atoms. The van der Waals surface area contributed by atoms with Gasteiger partial charge in [-0.1, -0.05) is 0 Å². The summed E-state index contributed by atoms with van der Waals surface area (Å²) in [6.07, 6.45) is 3.45. The van der Waals surface area contributed by atoms with Crippen molar-refractivity contribution in [1.82, 2.24) is 15.1 Å². The number of rotatable bonds is 5. The quantitative estimate of drug-likeness (QED) is 0.562. The van der Waals surface area contributed by atoms with Crippen molar-refractivity contribution in [2.75, 3.05) is 39.3 Å². The highest BCUT2D eigenvalue weighted by Crippen LogP contribution is 2.41. The smallest absolute Gasteiger partial charge is 0.207 e. The van der Waals surface area contributed by atoms with Crippen LogP contribution in [-0.2, 0) is 4.79 Å². The van der Waals surface area contributed by atoms with Crippen molar-refractivity contribution >= 4 is 6.41 Å². The number of carbonyl (C=O) groups excluding carboxylic acids is 1. The lowest BCUT2D eigenvalue weighted by Gasteiger charge is -2.55. The Hall–Kier alpha value is -0.610. The van der Waals surface area contributed by atoms with Gasteiger partial charge in [0.1, 0.15) is 0 Å². The van der Waals surface area contributed by atoms with E-state index in [0.717, 1.165) is 19.5 Å². The maximum absolute atomic E-state index is 10.2. The molecular formula is C13H25N3O. The van der Waals surface area contributed by atoms with Crippen LogP contribution in [0.25, 0.3) is 0 Å². The number of carbonyl (C=O) groups is 1. The second-order valence-electron chi connectivity index (χ2n) is 5.91. The largest absolute Gasteiger partial charge is 0.357 e. The summed E-state index contributed by atoms with van der Waals surface area (Å²) in [6, 6.07) is 0.704. The molecule has 1 amide bonds. The zero-order chi connectivity index (χ0) is 12.3. The molecule has 0 bridgehead atoms. The minimum absolute atomic E-state index is 0.624. The molecule has 2 saturated heterocycles. The van der Waals surface area contributed by atoms with Crippen LogP contribution in [0, 0.1) is 5.41 Å². The molecular weight excluding hydrogens is 214 g/mol. The molecule has 0 aliphatic carbocycles. The molecule has 4 nitrogen and oxygen atoms in total. The molecule has 98 valence electrons. The number of nitrogens with zero attached hydrogens (tertiary/aromatic N) is 2. The van der Waals surface area contributed by atoms with E-state index in [-0.39, 0.29) is 0 Å². The van der Waals surface area contributed by atoms with E-state index in [1.807, 2.05) is 0 Å². The van der Waals surface area contributed by atoms with E-state index in [0.29, 0.717) is 11.5 Å². The highest BCUT2D eigenvalue weighted by Gasteiger charge is 2.45. The Balaban J connectivity index is 1.67. The minimum atomic E-state index is 0.624. The third kappa shape index (κ3) is 2.99. The van der Waals surface area contributed by atoms with E-state index in [9.17, 15) is 4.79 Å². The first-order valence-corrected chi connectivity index (χ1v) is 6.79. The first-order chi connectivity index (χ1) is 8.15. The van der Waals surface area contributed by atoms with E-state index in [1.54, 1.807) is 0 Å². The summed E-state index contributed by atoms with van der Waals surface area (Å²) in [5.74, 6) is 0. The van der Waals surface area contributed by atoms with E-state index in [4.69, 9.17) is 0 Å². The molecule has 0 atom stereocenters. The van der Waals surface area contributed by atoms with Crippen LogP contribution in [0.15, 0.2) is 0 Å². The molecule has 0 radical (unpaired) electrons. The van der Waals surface area contributed by atoms with Crippen molar-refractivity contribution in [1.29, 1.82) is 0 Å². The van der Waals surface area contributed by atoms with Crippen LogP contribution in [0.5, 0.6) is 0 Å². The summed E-state index contributed by atoms with van der Waals surface area (Å²) < 4.78 is 0. The van der Waals surface area contributed by atoms with Gasteiger partial charge in [0, 0.05) is 32.2 Å². The Morgan fingerprint density at radius 1 is 1.29 bits per heavy atom. The zero-order valence-corrected chi connectivity index (χ0v) is 11.1. The minimum Gasteiger partial charge on any atom is -0.357 e. The summed E-state index contributed by atoms with van der Waals surface area (Å²) in [6.45, 7) is 11.4. The zero-order valence-electron chi connectivity index (χ0n) is 11.1. The van der Waals surface area contributed by atoms with Crippen molar-refractivity contribution < 1.29 is 4.79 Å². The number of likely N-dealkylation sites (tertiary alicyclic amines) is 2. The second kappa shape index (κ2) is 5.36. The fraction of sp³-hybridized carbons (Fsp3) is 0.923. The molecule has 0 saturated carbocycles. The molecule has 4 heteroatoms. The molecule has 2 aliphatic heterocycles. The predicted molar refractivity (Wildman–Crippen MR) is 68.9 cm³/mol. The average molecular weight is 239 g/mol. The summed E-state index contributed by atoms with van der Waals surface area (Å²) in [7, 11) is 0. The van der Waals surface area contributed by atoms with Gasteiger partial charge in [-0.3, -0.25) is 9.69 Å². The molecule has 0 aromatic carbocycles. The molecule has 2 heterocycles. The Kier molecular flexibility index (Phi) is 4.05. The van der Waals surface area contributed by atoms with Gasteiger partial charge in [-0.25, -0.2) is 0 Å². The monoisotopic (exact) mass is 239 g/mol. The Labute approximate surface area is 104 Å². The highest BCUT2D eigenvalue weighted by molar-refractivity contribution is 5.45. The summed E-state index contributed by atoms with van der Waals surface area (Å²) in [5.41, 5.74) is 0.624. The van der Waals surface area contributed by atoms with Gasteiger partial charge in [-0.15, -0.1) is 0 Å². The van der Waals surface area contributed by atoms with Crippen molar-refractivity contribution in [3.8, 4) is 0 Å².